The highest BCUT2D eigenvalue weighted by atomic mass is 16.3. The van der Waals surface area contributed by atoms with Crippen LogP contribution in [0.1, 0.15) is 30.1 Å². The Labute approximate surface area is 114 Å². The van der Waals surface area contributed by atoms with Crippen molar-refractivity contribution in [3.8, 4) is 0 Å². The summed E-state index contributed by atoms with van der Waals surface area (Å²) in [4.78, 5) is 14.4. The molecule has 3 nitrogen and oxygen atoms in total. The minimum atomic E-state index is -0.481. The second-order valence-corrected chi connectivity index (χ2v) is 6.41. The van der Waals surface area contributed by atoms with E-state index in [9.17, 15) is 9.90 Å². The van der Waals surface area contributed by atoms with Crippen LogP contribution in [0.5, 0.6) is 0 Å². The molecule has 2 unspecified atom stereocenters. The van der Waals surface area contributed by atoms with E-state index in [-0.39, 0.29) is 5.78 Å². The molecule has 1 aliphatic heterocycles. The number of aliphatic hydroxyl groups is 1. The molecule has 1 aromatic carbocycles. The highest BCUT2D eigenvalue weighted by Gasteiger charge is 2.45. The molecular formula is C16H21NO2. The first-order valence-electron chi connectivity index (χ1n) is 7.06. The third-order valence-electron chi connectivity index (χ3n) is 4.52. The third kappa shape index (κ3) is 2.72. The first-order chi connectivity index (χ1) is 9.03. The van der Waals surface area contributed by atoms with Gasteiger partial charge in [0.2, 0.25) is 0 Å². The van der Waals surface area contributed by atoms with Crippen LogP contribution in [0.3, 0.4) is 0 Å². The van der Waals surface area contributed by atoms with Crippen molar-refractivity contribution in [1.82, 2.24) is 4.90 Å². The number of likely N-dealkylation sites (tertiary alicyclic amines) is 1. The van der Waals surface area contributed by atoms with Crippen molar-refractivity contribution < 1.29 is 9.90 Å². The number of carbonyl (C=O) groups is 1. The molecule has 0 bridgehead atoms. The first-order valence-corrected chi connectivity index (χ1v) is 7.06. The van der Waals surface area contributed by atoms with E-state index in [1.807, 2.05) is 37.3 Å². The molecule has 0 aromatic heterocycles. The van der Waals surface area contributed by atoms with Gasteiger partial charge >= 0.3 is 0 Å². The van der Waals surface area contributed by atoms with Crippen LogP contribution in [0.2, 0.25) is 0 Å². The van der Waals surface area contributed by atoms with Gasteiger partial charge in [-0.1, -0.05) is 30.3 Å². The van der Waals surface area contributed by atoms with Crippen molar-refractivity contribution in [2.75, 3.05) is 19.6 Å². The van der Waals surface area contributed by atoms with E-state index in [1.165, 1.54) is 0 Å². The zero-order valence-electron chi connectivity index (χ0n) is 11.4. The molecule has 2 atom stereocenters. The van der Waals surface area contributed by atoms with Crippen molar-refractivity contribution in [2.45, 2.75) is 25.4 Å². The fourth-order valence-corrected chi connectivity index (χ4v) is 3.76. The van der Waals surface area contributed by atoms with E-state index >= 15 is 0 Å². The fraction of sp³-hybridized carbons (Fsp3) is 0.562. The quantitative estimate of drug-likeness (QED) is 0.844. The molecule has 2 aliphatic rings. The van der Waals surface area contributed by atoms with Crippen LogP contribution in [-0.4, -0.2) is 41.0 Å². The Bertz CT molecular complexity index is 453. The van der Waals surface area contributed by atoms with Crippen molar-refractivity contribution in [3.63, 3.8) is 0 Å². The summed E-state index contributed by atoms with van der Waals surface area (Å²) < 4.78 is 0. The van der Waals surface area contributed by atoms with Gasteiger partial charge in [0, 0.05) is 18.7 Å². The largest absolute Gasteiger partial charge is 0.390 e. The van der Waals surface area contributed by atoms with Gasteiger partial charge in [0.25, 0.3) is 0 Å². The number of Topliss-reactive ketones (excluding diaryl/α,β-unsaturated/α-hetero) is 1. The molecule has 1 heterocycles. The Hall–Kier alpha value is -1.19. The average Bonchev–Trinajstić information content (AvgIpc) is 2.82. The van der Waals surface area contributed by atoms with Crippen LogP contribution >= 0.6 is 0 Å². The molecule has 0 spiro atoms. The summed E-state index contributed by atoms with van der Waals surface area (Å²) in [7, 11) is 0. The van der Waals surface area contributed by atoms with E-state index in [0.29, 0.717) is 18.4 Å². The Morgan fingerprint density at radius 3 is 2.42 bits per heavy atom. The maximum atomic E-state index is 12.2. The summed E-state index contributed by atoms with van der Waals surface area (Å²) >= 11 is 0. The van der Waals surface area contributed by atoms with E-state index < -0.39 is 5.60 Å². The molecule has 3 rings (SSSR count). The molecule has 1 saturated carbocycles. The lowest BCUT2D eigenvalue weighted by Crippen LogP contribution is -2.31. The number of hydrogen-bond acceptors (Lipinski definition) is 3. The summed E-state index contributed by atoms with van der Waals surface area (Å²) in [5.74, 6) is 1.34. The highest BCUT2D eigenvalue weighted by molar-refractivity contribution is 5.97. The SMILES string of the molecule is CC1(O)CC2CN(CC(=O)c3ccccc3)CC2C1. The summed E-state index contributed by atoms with van der Waals surface area (Å²) in [6, 6.07) is 9.50. The molecule has 0 radical (unpaired) electrons. The van der Waals surface area contributed by atoms with Gasteiger partial charge in [-0.25, -0.2) is 0 Å². The Morgan fingerprint density at radius 1 is 1.26 bits per heavy atom. The lowest BCUT2D eigenvalue weighted by atomic mass is 10.0. The summed E-state index contributed by atoms with van der Waals surface area (Å²) in [6.07, 6.45) is 1.77. The number of hydrogen-bond donors (Lipinski definition) is 1. The zero-order valence-corrected chi connectivity index (χ0v) is 11.4. The molecular weight excluding hydrogens is 238 g/mol. The summed E-state index contributed by atoms with van der Waals surface area (Å²) in [5, 5.41) is 10.1. The molecule has 0 amide bonds. The van der Waals surface area contributed by atoms with Crippen molar-refractivity contribution in [2.24, 2.45) is 11.8 Å². The Morgan fingerprint density at radius 2 is 1.84 bits per heavy atom. The molecule has 1 saturated heterocycles. The molecule has 3 heteroatoms. The van der Waals surface area contributed by atoms with Crippen molar-refractivity contribution in [1.29, 1.82) is 0 Å². The second kappa shape index (κ2) is 4.73. The van der Waals surface area contributed by atoms with E-state index in [0.717, 1.165) is 31.5 Å². The van der Waals surface area contributed by atoms with Gasteiger partial charge in [0.05, 0.1) is 12.1 Å². The standard InChI is InChI=1S/C16H21NO2/c1-16(19)7-13-9-17(10-14(13)8-16)11-15(18)12-5-3-2-4-6-12/h2-6,13-14,19H,7-11H2,1H3. The van der Waals surface area contributed by atoms with Gasteiger partial charge < -0.3 is 5.11 Å². The number of ketones is 1. The van der Waals surface area contributed by atoms with Gasteiger partial charge in [-0.15, -0.1) is 0 Å². The number of nitrogens with zero attached hydrogens (tertiary/aromatic N) is 1. The van der Waals surface area contributed by atoms with Crippen LogP contribution in [0.25, 0.3) is 0 Å². The lowest BCUT2D eigenvalue weighted by Gasteiger charge is -2.21. The Balaban J connectivity index is 1.58. The summed E-state index contributed by atoms with van der Waals surface area (Å²) in [5.41, 5.74) is 0.316. The zero-order chi connectivity index (χ0) is 13.5. The number of fused-ring (bicyclic) bond motifs is 1. The van der Waals surface area contributed by atoms with Crippen LogP contribution in [-0.2, 0) is 0 Å². The van der Waals surface area contributed by atoms with Crippen LogP contribution in [0, 0.1) is 11.8 Å². The summed E-state index contributed by atoms with van der Waals surface area (Å²) in [6.45, 7) is 4.36. The molecule has 1 aliphatic carbocycles. The van der Waals surface area contributed by atoms with Gasteiger partial charge in [0.1, 0.15) is 0 Å². The average molecular weight is 259 g/mol. The van der Waals surface area contributed by atoms with Crippen LogP contribution < -0.4 is 0 Å². The lowest BCUT2D eigenvalue weighted by molar-refractivity contribution is 0.0542. The van der Waals surface area contributed by atoms with Gasteiger partial charge in [-0.3, -0.25) is 9.69 Å². The van der Waals surface area contributed by atoms with Crippen molar-refractivity contribution in [3.05, 3.63) is 35.9 Å². The van der Waals surface area contributed by atoms with Gasteiger partial charge in [0.15, 0.2) is 5.78 Å². The molecule has 2 fully saturated rings. The minimum absolute atomic E-state index is 0.201. The van der Waals surface area contributed by atoms with Crippen LogP contribution in [0.15, 0.2) is 30.3 Å². The minimum Gasteiger partial charge on any atom is -0.390 e. The topological polar surface area (TPSA) is 40.5 Å². The monoisotopic (exact) mass is 259 g/mol. The number of rotatable bonds is 3. The van der Waals surface area contributed by atoms with Gasteiger partial charge in [-0.05, 0) is 31.6 Å². The number of carbonyl (C=O) groups excluding carboxylic acids is 1. The predicted molar refractivity (Wildman–Crippen MR) is 74.1 cm³/mol. The normalized spacial score (nSPS) is 34.4. The fourth-order valence-electron chi connectivity index (χ4n) is 3.76. The predicted octanol–water partition coefficient (Wildman–Crippen LogP) is 1.96. The Kier molecular flexibility index (Phi) is 3.19. The van der Waals surface area contributed by atoms with E-state index in [1.54, 1.807) is 0 Å². The van der Waals surface area contributed by atoms with E-state index in [2.05, 4.69) is 4.90 Å². The maximum absolute atomic E-state index is 12.2. The number of benzene rings is 1. The molecule has 1 aromatic rings. The molecule has 102 valence electrons. The third-order valence-corrected chi connectivity index (χ3v) is 4.52. The van der Waals surface area contributed by atoms with Crippen molar-refractivity contribution >= 4 is 5.78 Å². The maximum Gasteiger partial charge on any atom is 0.176 e. The van der Waals surface area contributed by atoms with Crippen LogP contribution in [0.4, 0.5) is 0 Å². The molecule has 1 N–H and O–H groups in total. The smallest absolute Gasteiger partial charge is 0.176 e. The van der Waals surface area contributed by atoms with Gasteiger partial charge in [-0.2, -0.15) is 0 Å². The van der Waals surface area contributed by atoms with E-state index in [4.69, 9.17) is 0 Å². The first kappa shape index (κ1) is 12.8. The highest BCUT2D eigenvalue weighted by Crippen LogP contribution is 2.43. The second-order valence-electron chi connectivity index (χ2n) is 6.41. The molecule has 19 heavy (non-hydrogen) atoms.